The maximum absolute atomic E-state index is 12.2. The van der Waals surface area contributed by atoms with Crippen LogP contribution in [0, 0.1) is 11.3 Å². The predicted molar refractivity (Wildman–Crippen MR) is 96.9 cm³/mol. The lowest BCUT2D eigenvalue weighted by Crippen LogP contribution is -2.16. The number of aromatic carboxylic acids is 1. The van der Waals surface area contributed by atoms with E-state index in [2.05, 4.69) is 10.3 Å². The first-order valence-electron chi connectivity index (χ1n) is 7.89. The summed E-state index contributed by atoms with van der Waals surface area (Å²) in [4.78, 5) is 26.1. The number of benzene rings is 1. The number of nitrogens with zero attached hydrogens (tertiary/aromatic N) is 1. The van der Waals surface area contributed by atoms with E-state index in [4.69, 9.17) is 31.4 Å². The van der Waals surface area contributed by atoms with Crippen molar-refractivity contribution in [3.63, 3.8) is 0 Å². The van der Waals surface area contributed by atoms with E-state index in [1.54, 1.807) is 6.07 Å². The summed E-state index contributed by atoms with van der Waals surface area (Å²) in [5, 5.41) is 21.1. The largest absolute Gasteiger partial charge is 0.477 e. The summed E-state index contributed by atoms with van der Waals surface area (Å²) in [5.74, 6) is -1.29. The highest BCUT2D eigenvalue weighted by molar-refractivity contribution is 6.34. The Morgan fingerprint density at radius 2 is 2.00 bits per heavy atom. The lowest BCUT2D eigenvalue weighted by molar-refractivity contribution is 0.0538. The molecule has 0 aliphatic rings. The fourth-order valence-electron chi connectivity index (χ4n) is 2.23. The highest BCUT2D eigenvalue weighted by atomic mass is 35.5. The van der Waals surface area contributed by atoms with Gasteiger partial charge in [0, 0.05) is 18.1 Å². The van der Waals surface area contributed by atoms with Crippen LogP contribution in [0.1, 0.15) is 16.8 Å². The number of carbonyl (C=O) groups is 1. The van der Waals surface area contributed by atoms with E-state index < -0.39 is 11.4 Å². The molecule has 138 valence electrons. The van der Waals surface area contributed by atoms with E-state index in [9.17, 15) is 9.59 Å². The van der Waals surface area contributed by atoms with Crippen LogP contribution in [0.3, 0.4) is 0 Å². The SMILES string of the molecule is N#CCCOCCOCCNc1cc2c(=O)c(C(=O)O)c[nH]c2cc1Cl. The molecule has 8 nitrogen and oxygen atoms in total. The lowest BCUT2D eigenvalue weighted by Gasteiger charge is -2.10. The van der Waals surface area contributed by atoms with Crippen molar-refractivity contribution in [2.45, 2.75) is 6.42 Å². The van der Waals surface area contributed by atoms with Crippen molar-refractivity contribution in [2.24, 2.45) is 0 Å². The minimum atomic E-state index is -1.29. The fourth-order valence-corrected chi connectivity index (χ4v) is 2.46. The Labute approximate surface area is 154 Å². The number of pyridine rings is 1. The molecule has 1 aromatic carbocycles. The Morgan fingerprint density at radius 3 is 2.69 bits per heavy atom. The minimum absolute atomic E-state index is 0.239. The molecular formula is C17H18ClN3O5. The number of aromatic amines is 1. The van der Waals surface area contributed by atoms with Crippen LogP contribution < -0.4 is 10.7 Å². The molecule has 2 rings (SSSR count). The molecule has 0 aliphatic heterocycles. The molecule has 0 unspecified atom stereocenters. The lowest BCUT2D eigenvalue weighted by atomic mass is 10.1. The molecule has 0 saturated heterocycles. The minimum Gasteiger partial charge on any atom is -0.477 e. The van der Waals surface area contributed by atoms with Crippen LogP contribution in [0.15, 0.2) is 23.1 Å². The molecular weight excluding hydrogens is 362 g/mol. The monoisotopic (exact) mass is 379 g/mol. The molecule has 26 heavy (non-hydrogen) atoms. The van der Waals surface area contributed by atoms with Crippen LogP contribution in [0.5, 0.6) is 0 Å². The molecule has 0 radical (unpaired) electrons. The number of hydrogen-bond donors (Lipinski definition) is 3. The summed E-state index contributed by atoms with van der Waals surface area (Å²) in [5.41, 5.74) is 0.0737. The molecule has 0 spiro atoms. The van der Waals surface area contributed by atoms with Gasteiger partial charge in [0.25, 0.3) is 0 Å². The summed E-state index contributed by atoms with van der Waals surface area (Å²) in [7, 11) is 0. The van der Waals surface area contributed by atoms with Gasteiger partial charge in [-0.05, 0) is 12.1 Å². The second-order valence-corrected chi connectivity index (χ2v) is 5.68. The van der Waals surface area contributed by atoms with Gasteiger partial charge in [-0.25, -0.2) is 4.79 Å². The fraction of sp³-hybridized carbons (Fsp3) is 0.353. The third-order valence-electron chi connectivity index (χ3n) is 3.49. The zero-order chi connectivity index (χ0) is 18.9. The molecule has 2 aromatic rings. The number of carboxylic acids is 1. The van der Waals surface area contributed by atoms with Crippen LogP contribution in [0.4, 0.5) is 5.69 Å². The summed E-state index contributed by atoms with van der Waals surface area (Å²) in [6.45, 7) is 2.03. The molecule has 3 N–H and O–H groups in total. The first-order valence-corrected chi connectivity index (χ1v) is 8.27. The van der Waals surface area contributed by atoms with E-state index in [1.165, 1.54) is 6.07 Å². The van der Waals surface area contributed by atoms with E-state index in [-0.39, 0.29) is 10.9 Å². The van der Waals surface area contributed by atoms with Gasteiger partial charge in [-0.15, -0.1) is 0 Å². The van der Waals surface area contributed by atoms with E-state index >= 15 is 0 Å². The van der Waals surface area contributed by atoms with E-state index in [0.717, 1.165) is 6.20 Å². The summed E-state index contributed by atoms with van der Waals surface area (Å²) in [6, 6.07) is 5.07. The number of nitriles is 1. The molecule has 0 bridgehead atoms. The van der Waals surface area contributed by atoms with Gasteiger partial charge in [0.05, 0.1) is 55.1 Å². The number of nitrogens with one attached hydrogen (secondary N) is 2. The average Bonchev–Trinajstić information content (AvgIpc) is 2.61. The van der Waals surface area contributed by atoms with Gasteiger partial charge in [-0.1, -0.05) is 11.6 Å². The summed E-state index contributed by atoms with van der Waals surface area (Å²) in [6.07, 6.45) is 1.51. The number of fused-ring (bicyclic) bond motifs is 1. The van der Waals surface area contributed by atoms with Gasteiger partial charge in [0.2, 0.25) is 5.43 Å². The van der Waals surface area contributed by atoms with Gasteiger partial charge >= 0.3 is 5.97 Å². The van der Waals surface area contributed by atoms with Crippen molar-refractivity contribution in [3.05, 3.63) is 39.1 Å². The normalized spacial score (nSPS) is 10.6. The second kappa shape index (κ2) is 9.77. The van der Waals surface area contributed by atoms with Crippen LogP contribution in [0.2, 0.25) is 5.02 Å². The highest BCUT2D eigenvalue weighted by Crippen LogP contribution is 2.25. The number of anilines is 1. The molecule has 0 atom stereocenters. The smallest absolute Gasteiger partial charge is 0.341 e. The third-order valence-corrected chi connectivity index (χ3v) is 3.80. The molecule has 0 aliphatic carbocycles. The number of carboxylic acid groups (broad SMARTS) is 1. The highest BCUT2D eigenvalue weighted by Gasteiger charge is 2.13. The number of aromatic nitrogens is 1. The topological polar surface area (TPSA) is 124 Å². The van der Waals surface area contributed by atoms with Crippen molar-refractivity contribution >= 4 is 34.2 Å². The van der Waals surface area contributed by atoms with Gasteiger partial charge in [0.15, 0.2) is 0 Å². The summed E-state index contributed by atoms with van der Waals surface area (Å²) >= 11 is 6.18. The summed E-state index contributed by atoms with van der Waals surface area (Å²) < 4.78 is 10.6. The molecule has 1 aromatic heterocycles. The van der Waals surface area contributed by atoms with Crippen LogP contribution >= 0.6 is 11.6 Å². The number of hydrogen-bond acceptors (Lipinski definition) is 6. The Balaban J connectivity index is 1.92. The first-order chi connectivity index (χ1) is 12.5. The van der Waals surface area contributed by atoms with Crippen molar-refractivity contribution < 1.29 is 19.4 Å². The quantitative estimate of drug-likeness (QED) is 0.540. The first kappa shape index (κ1) is 19.7. The number of rotatable bonds is 10. The van der Waals surface area contributed by atoms with Gasteiger partial charge in [0.1, 0.15) is 5.56 Å². The van der Waals surface area contributed by atoms with Crippen molar-refractivity contribution in [1.82, 2.24) is 4.98 Å². The van der Waals surface area contributed by atoms with Crippen LogP contribution in [-0.4, -0.2) is 49.0 Å². The molecule has 0 saturated carbocycles. The van der Waals surface area contributed by atoms with Crippen LogP contribution in [0.25, 0.3) is 10.9 Å². The Kier molecular flexibility index (Phi) is 7.41. The number of H-pyrrole nitrogens is 1. The van der Waals surface area contributed by atoms with Gasteiger partial charge in [-0.3, -0.25) is 4.79 Å². The number of ether oxygens (including phenoxy) is 2. The predicted octanol–water partition coefficient (Wildman–Crippen LogP) is 2.24. The molecule has 1 heterocycles. The van der Waals surface area contributed by atoms with Crippen molar-refractivity contribution in [3.8, 4) is 6.07 Å². The zero-order valence-corrected chi connectivity index (χ0v) is 14.6. The maximum atomic E-state index is 12.2. The Bertz CT molecular complexity index is 875. The second-order valence-electron chi connectivity index (χ2n) is 5.27. The molecule has 0 amide bonds. The Morgan fingerprint density at radius 1 is 1.27 bits per heavy atom. The van der Waals surface area contributed by atoms with E-state index in [1.807, 2.05) is 6.07 Å². The standard InChI is InChI=1S/C17H18ClN3O5/c18-13-9-14-11(16(22)12(10-21-14)17(23)24)8-15(13)20-3-5-26-7-6-25-4-1-2-19/h8-10,20H,1,3-7H2,(H,21,22)(H,23,24). The Hall–Kier alpha value is -2.60. The molecule has 9 heteroatoms. The zero-order valence-electron chi connectivity index (χ0n) is 13.9. The van der Waals surface area contributed by atoms with Crippen LogP contribution in [-0.2, 0) is 9.47 Å². The van der Waals surface area contributed by atoms with Gasteiger partial charge < -0.3 is 24.9 Å². The third kappa shape index (κ3) is 5.20. The van der Waals surface area contributed by atoms with Crippen molar-refractivity contribution in [1.29, 1.82) is 5.26 Å². The van der Waals surface area contributed by atoms with E-state index in [0.29, 0.717) is 55.6 Å². The van der Waals surface area contributed by atoms with Gasteiger partial charge in [-0.2, -0.15) is 5.26 Å². The average molecular weight is 380 g/mol. The number of halogens is 1. The molecule has 0 fully saturated rings. The van der Waals surface area contributed by atoms with Crippen molar-refractivity contribution in [2.75, 3.05) is 38.3 Å². The maximum Gasteiger partial charge on any atom is 0.341 e.